The predicted molar refractivity (Wildman–Crippen MR) is 89.4 cm³/mol. The summed E-state index contributed by atoms with van der Waals surface area (Å²) < 4.78 is 1.09. The molecule has 3 nitrogen and oxygen atoms in total. The number of nitrogens with one attached hydrogen (secondary N) is 1. The van der Waals surface area contributed by atoms with E-state index in [4.69, 9.17) is 0 Å². The molecule has 2 aromatic rings. The van der Waals surface area contributed by atoms with Gasteiger partial charge in [-0.15, -0.1) is 11.8 Å². The fourth-order valence-electron chi connectivity index (χ4n) is 1.68. The quantitative estimate of drug-likeness (QED) is 0.792. The summed E-state index contributed by atoms with van der Waals surface area (Å²) in [6.45, 7) is 4.29. The average molecular weight is 352 g/mol. The van der Waals surface area contributed by atoms with E-state index in [1.54, 1.807) is 11.8 Å². The fraction of sp³-hybridized carbons (Fsp3) is 0.333. The van der Waals surface area contributed by atoms with Crippen molar-refractivity contribution in [3.05, 3.63) is 46.3 Å². The van der Waals surface area contributed by atoms with Crippen LogP contribution in [-0.2, 0) is 5.75 Å². The Hall–Kier alpha value is -1.07. The Labute approximate surface area is 132 Å². The monoisotopic (exact) mass is 351 g/mol. The minimum absolute atomic E-state index is 0.404. The van der Waals surface area contributed by atoms with Crippen LogP contribution in [0.25, 0.3) is 0 Å². The topological polar surface area (TPSA) is 37.8 Å². The van der Waals surface area contributed by atoms with Crippen molar-refractivity contribution in [3.63, 3.8) is 0 Å². The zero-order valence-electron chi connectivity index (χ0n) is 11.9. The molecule has 20 heavy (non-hydrogen) atoms. The van der Waals surface area contributed by atoms with Crippen molar-refractivity contribution in [2.75, 3.05) is 12.4 Å². The van der Waals surface area contributed by atoms with Crippen molar-refractivity contribution < 1.29 is 0 Å². The van der Waals surface area contributed by atoms with Crippen LogP contribution in [0.3, 0.4) is 0 Å². The molecule has 0 bridgehead atoms. The van der Waals surface area contributed by atoms with Crippen molar-refractivity contribution in [3.8, 4) is 0 Å². The highest BCUT2D eigenvalue weighted by Crippen LogP contribution is 2.24. The highest BCUT2D eigenvalue weighted by atomic mass is 79.9. The molecule has 2 rings (SSSR count). The largest absolute Gasteiger partial charge is 0.373 e. The van der Waals surface area contributed by atoms with Gasteiger partial charge in [0.25, 0.3) is 0 Å². The molecule has 0 amide bonds. The van der Waals surface area contributed by atoms with Crippen LogP contribution < -0.4 is 5.32 Å². The SMILES string of the molecule is CNc1cc(C(C)C)nc(CSc2ccc(Br)cc2)n1. The molecule has 0 aliphatic rings. The van der Waals surface area contributed by atoms with Gasteiger partial charge in [0, 0.05) is 28.2 Å². The van der Waals surface area contributed by atoms with Crippen LogP contribution in [0.1, 0.15) is 31.3 Å². The van der Waals surface area contributed by atoms with Gasteiger partial charge in [-0.25, -0.2) is 9.97 Å². The Morgan fingerprint density at radius 2 is 1.90 bits per heavy atom. The van der Waals surface area contributed by atoms with Gasteiger partial charge < -0.3 is 5.32 Å². The number of hydrogen-bond donors (Lipinski definition) is 1. The Kier molecular flexibility index (Phi) is 5.43. The molecule has 1 N–H and O–H groups in total. The van der Waals surface area contributed by atoms with Gasteiger partial charge in [-0.05, 0) is 30.2 Å². The first-order valence-electron chi connectivity index (χ1n) is 6.52. The second kappa shape index (κ2) is 7.09. The molecule has 1 aromatic carbocycles. The van der Waals surface area contributed by atoms with Crippen LogP contribution in [0.2, 0.25) is 0 Å². The normalized spacial score (nSPS) is 10.8. The smallest absolute Gasteiger partial charge is 0.141 e. The number of benzene rings is 1. The van der Waals surface area contributed by atoms with E-state index in [2.05, 4.69) is 57.2 Å². The van der Waals surface area contributed by atoms with Crippen LogP contribution in [0.4, 0.5) is 5.82 Å². The Bertz CT molecular complexity index is 570. The van der Waals surface area contributed by atoms with E-state index in [0.717, 1.165) is 27.6 Å². The predicted octanol–water partition coefficient (Wildman–Crippen LogP) is 4.70. The summed E-state index contributed by atoms with van der Waals surface area (Å²) in [6, 6.07) is 10.3. The number of nitrogens with zero attached hydrogens (tertiary/aromatic N) is 2. The summed E-state index contributed by atoms with van der Waals surface area (Å²) in [4.78, 5) is 10.4. The minimum atomic E-state index is 0.404. The molecule has 0 spiro atoms. The third kappa shape index (κ3) is 4.21. The van der Waals surface area contributed by atoms with E-state index >= 15 is 0 Å². The lowest BCUT2D eigenvalue weighted by atomic mass is 10.1. The van der Waals surface area contributed by atoms with Gasteiger partial charge in [0.15, 0.2) is 0 Å². The Balaban J connectivity index is 2.12. The summed E-state index contributed by atoms with van der Waals surface area (Å²) in [6.07, 6.45) is 0. The number of thioether (sulfide) groups is 1. The lowest BCUT2D eigenvalue weighted by molar-refractivity contribution is 0.800. The van der Waals surface area contributed by atoms with Crippen molar-refractivity contribution in [1.29, 1.82) is 0 Å². The molecule has 5 heteroatoms. The first-order valence-corrected chi connectivity index (χ1v) is 8.30. The molecule has 106 valence electrons. The van der Waals surface area contributed by atoms with E-state index in [1.165, 1.54) is 4.90 Å². The number of anilines is 1. The average Bonchev–Trinajstić information content (AvgIpc) is 2.46. The van der Waals surface area contributed by atoms with Crippen LogP contribution in [-0.4, -0.2) is 17.0 Å². The van der Waals surface area contributed by atoms with Gasteiger partial charge in [-0.3, -0.25) is 0 Å². The zero-order valence-corrected chi connectivity index (χ0v) is 14.3. The second-order valence-corrected chi connectivity index (χ2v) is 6.71. The summed E-state index contributed by atoms with van der Waals surface area (Å²) in [5.74, 6) is 2.93. The van der Waals surface area contributed by atoms with Crippen molar-refractivity contribution in [2.24, 2.45) is 0 Å². The molecule has 0 fully saturated rings. The van der Waals surface area contributed by atoms with E-state index in [9.17, 15) is 0 Å². The molecule has 1 heterocycles. The van der Waals surface area contributed by atoms with E-state index in [-0.39, 0.29) is 0 Å². The summed E-state index contributed by atoms with van der Waals surface area (Å²) in [5.41, 5.74) is 1.08. The number of halogens is 1. The van der Waals surface area contributed by atoms with Crippen LogP contribution >= 0.6 is 27.7 Å². The highest BCUT2D eigenvalue weighted by Gasteiger charge is 2.07. The maximum atomic E-state index is 4.63. The Morgan fingerprint density at radius 3 is 2.50 bits per heavy atom. The van der Waals surface area contributed by atoms with Crippen molar-refractivity contribution >= 4 is 33.5 Å². The van der Waals surface area contributed by atoms with E-state index < -0.39 is 0 Å². The molecule has 0 saturated carbocycles. The minimum Gasteiger partial charge on any atom is -0.373 e. The molecule has 0 saturated heterocycles. The van der Waals surface area contributed by atoms with Crippen LogP contribution in [0, 0.1) is 0 Å². The zero-order chi connectivity index (χ0) is 14.5. The van der Waals surface area contributed by atoms with E-state index in [0.29, 0.717) is 5.92 Å². The van der Waals surface area contributed by atoms with Gasteiger partial charge in [0.1, 0.15) is 11.6 Å². The fourth-order valence-corrected chi connectivity index (χ4v) is 2.70. The van der Waals surface area contributed by atoms with Gasteiger partial charge in [-0.1, -0.05) is 29.8 Å². The third-order valence-electron chi connectivity index (χ3n) is 2.82. The molecule has 0 atom stereocenters. The molecular weight excluding hydrogens is 334 g/mol. The molecule has 1 aromatic heterocycles. The molecule has 0 aliphatic heterocycles. The van der Waals surface area contributed by atoms with Crippen molar-refractivity contribution in [2.45, 2.75) is 30.4 Å². The highest BCUT2D eigenvalue weighted by molar-refractivity contribution is 9.10. The third-order valence-corrected chi connectivity index (χ3v) is 4.36. The van der Waals surface area contributed by atoms with Crippen LogP contribution in [0.15, 0.2) is 39.7 Å². The lowest BCUT2D eigenvalue weighted by Gasteiger charge is -2.10. The first kappa shape index (κ1) is 15.3. The molecule has 0 unspecified atom stereocenters. The number of aromatic nitrogens is 2. The summed E-state index contributed by atoms with van der Waals surface area (Å²) in [5, 5.41) is 3.10. The van der Waals surface area contributed by atoms with Gasteiger partial charge >= 0.3 is 0 Å². The van der Waals surface area contributed by atoms with Crippen LogP contribution in [0.5, 0.6) is 0 Å². The number of hydrogen-bond acceptors (Lipinski definition) is 4. The summed E-state index contributed by atoms with van der Waals surface area (Å²) in [7, 11) is 1.89. The van der Waals surface area contributed by atoms with E-state index in [1.807, 2.05) is 25.2 Å². The van der Waals surface area contributed by atoms with Gasteiger partial charge in [0.05, 0.1) is 5.75 Å². The van der Waals surface area contributed by atoms with Crippen molar-refractivity contribution in [1.82, 2.24) is 9.97 Å². The summed E-state index contributed by atoms with van der Waals surface area (Å²) >= 11 is 5.19. The maximum absolute atomic E-state index is 4.63. The number of rotatable bonds is 5. The maximum Gasteiger partial charge on any atom is 0.141 e. The Morgan fingerprint density at radius 1 is 1.20 bits per heavy atom. The lowest BCUT2D eigenvalue weighted by Crippen LogP contribution is -2.04. The molecular formula is C15H18BrN3S. The molecule has 0 radical (unpaired) electrons. The van der Waals surface area contributed by atoms with Gasteiger partial charge in [-0.2, -0.15) is 0 Å². The second-order valence-electron chi connectivity index (χ2n) is 4.74. The first-order chi connectivity index (χ1) is 9.58. The molecule has 0 aliphatic carbocycles. The van der Waals surface area contributed by atoms with Gasteiger partial charge in [0.2, 0.25) is 0 Å². The standard InChI is InChI=1S/C15H18BrN3S/c1-10(2)13-8-14(17-3)19-15(18-13)9-20-12-6-4-11(16)5-7-12/h4-8,10H,9H2,1-3H3,(H,17,18,19).